The Bertz CT molecular complexity index is 43.8. The van der Waals surface area contributed by atoms with Crippen molar-refractivity contribution in [3.63, 3.8) is 0 Å². The molecule has 0 atom stereocenters. The zero-order chi connectivity index (χ0) is 4.28. The third-order valence-electron chi connectivity index (χ3n) is 0.407. The molecule has 0 aliphatic rings. The Balaban J connectivity index is -0.0000000267. The summed E-state index contributed by atoms with van der Waals surface area (Å²) >= 11 is 0. The molecule has 0 N–H and O–H groups in total. The van der Waals surface area contributed by atoms with Crippen LogP contribution in [0.2, 0.25) is 6.82 Å². The van der Waals surface area contributed by atoms with Crippen molar-refractivity contribution < 1.29 is 4.79 Å². The second-order valence-electron chi connectivity index (χ2n) is 0.899. The summed E-state index contributed by atoms with van der Waals surface area (Å²) in [4.78, 5) is 9.76. The number of hydrogen-bond acceptors (Lipinski definition) is 1. The van der Waals surface area contributed by atoms with E-state index in [4.69, 9.17) is 0 Å². The summed E-state index contributed by atoms with van der Waals surface area (Å²) in [6, 6.07) is 0. The van der Waals surface area contributed by atoms with Crippen LogP contribution >= 0.6 is 0 Å². The topological polar surface area (TPSA) is 17.1 Å². The zero-order valence-electron chi connectivity index (χ0n) is 3.49. The summed E-state index contributed by atoms with van der Waals surface area (Å²) in [6.45, 7) is 3.25. The quantitative estimate of drug-likeness (QED) is 0.481. The molecule has 0 aromatic carbocycles. The molecule has 0 spiro atoms. The van der Waals surface area contributed by atoms with Crippen LogP contribution in [0.5, 0.6) is 0 Å². The minimum absolute atomic E-state index is 0. The van der Waals surface area contributed by atoms with Crippen LogP contribution in [0.25, 0.3) is 0 Å². The molecule has 0 aliphatic heterocycles. The van der Waals surface area contributed by atoms with Gasteiger partial charge in [-0.1, -0.05) is 29.1 Å². The normalized spacial score (nSPS) is 4.25. The van der Waals surface area contributed by atoms with E-state index in [9.17, 15) is 4.79 Å². The molecule has 8 heavy (non-hydrogen) atoms. The van der Waals surface area contributed by atoms with Gasteiger partial charge in [-0.15, -0.1) is 0 Å². The fourth-order valence-corrected chi connectivity index (χ4v) is 0. The van der Waals surface area contributed by atoms with Gasteiger partial charge in [-0.25, -0.2) is 0 Å². The number of carbonyl (C=O) groups is 1. The van der Waals surface area contributed by atoms with E-state index in [0.717, 1.165) is 0 Å². The van der Waals surface area contributed by atoms with E-state index in [1.165, 1.54) is 14.2 Å². The summed E-state index contributed by atoms with van der Waals surface area (Å²) in [5.74, 6) is 0. The third-order valence-corrected chi connectivity index (χ3v) is 0.407. The van der Waals surface area contributed by atoms with Gasteiger partial charge in [-0.05, 0) is 6.92 Å². The number of carbonyl (C=O) groups excluding carboxylic acids is 1. The molecule has 0 amide bonds. The predicted molar refractivity (Wildman–Crippen MR) is 42.5 cm³/mol. The Morgan fingerprint density at radius 3 is 1.38 bits per heavy atom. The Labute approximate surface area is 54.7 Å². The summed E-state index contributed by atoms with van der Waals surface area (Å²) < 4.78 is 0. The van der Waals surface area contributed by atoms with Gasteiger partial charge in [0.05, 0.1) is 5.68 Å². The molecule has 0 aromatic heterocycles. The summed E-state index contributed by atoms with van der Waals surface area (Å²) in [7, 11) is 1.53. The van der Waals surface area contributed by atoms with E-state index >= 15 is 0 Å². The summed E-state index contributed by atoms with van der Waals surface area (Å²) in [6.07, 6.45) is 0. The Hall–Kier alpha value is -0.265. The van der Waals surface area contributed by atoms with E-state index in [1.54, 1.807) is 6.82 Å². The van der Waals surface area contributed by atoms with Crippen LogP contribution in [0.1, 0.15) is 29.2 Å². The minimum atomic E-state index is 0. The molecular formula is C6H18BO. The lowest BCUT2D eigenvalue weighted by Gasteiger charge is -1.68. The highest BCUT2D eigenvalue weighted by atomic mass is 16.1. The SMILES string of the molecule is C.C.C.C[B]C(C)=O. The minimum Gasteiger partial charge on any atom is -0.312 e. The monoisotopic (exact) mass is 117 g/mol. The van der Waals surface area contributed by atoms with Crippen LogP contribution in [0.4, 0.5) is 0 Å². The lowest BCUT2D eigenvalue weighted by atomic mass is 9.78. The highest BCUT2D eigenvalue weighted by Gasteiger charge is 1.80. The molecule has 2 heteroatoms. The third kappa shape index (κ3) is 42.7. The average Bonchev–Trinajstić information content (AvgIpc) is 1.38. The molecule has 0 saturated carbocycles. The van der Waals surface area contributed by atoms with Gasteiger partial charge in [-0.2, -0.15) is 0 Å². The van der Waals surface area contributed by atoms with Crippen molar-refractivity contribution in [3.8, 4) is 0 Å². The van der Waals surface area contributed by atoms with Crippen LogP contribution in [0.15, 0.2) is 0 Å². The first-order valence-corrected chi connectivity index (χ1v) is 1.57. The number of hydrogen-bond donors (Lipinski definition) is 0. The summed E-state index contributed by atoms with van der Waals surface area (Å²) in [5, 5.41) is 0. The first kappa shape index (κ1) is 25.2. The van der Waals surface area contributed by atoms with Gasteiger partial charge in [0.15, 0.2) is 7.28 Å². The smallest absolute Gasteiger partial charge is 0.198 e. The van der Waals surface area contributed by atoms with Crippen LogP contribution in [0.3, 0.4) is 0 Å². The van der Waals surface area contributed by atoms with Crippen molar-refractivity contribution in [2.24, 2.45) is 0 Å². The second-order valence-corrected chi connectivity index (χ2v) is 0.899. The molecule has 0 fully saturated rings. The fourth-order valence-electron chi connectivity index (χ4n) is 0. The van der Waals surface area contributed by atoms with Gasteiger partial charge in [0.2, 0.25) is 0 Å². The highest BCUT2D eigenvalue weighted by Crippen LogP contribution is 1.56. The van der Waals surface area contributed by atoms with Crippen molar-refractivity contribution in [3.05, 3.63) is 0 Å². The van der Waals surface area contributed by atoms with Gasteiger partial charge >= 0.3 is 0 Å². The molecule has 0 aliphatic carbocycles. The van der Waals surface area contributed by atoms with Crippen LogP contribution in [-0.4, -0.2) is 13.0 Å². The molecule has 0 rings (SSSR count). The Morgan fingerprint density at radius 1 is 1.25 bits per heavy atom. The maximum atomic E-state index is 9.76. The molecule has 0 heterocycles. The van der Waals surface area contributed by atoms with Crippen LogP contribution < -0.4 is 0 Å². The average molecular weight is 117 g/mol. The lowest BCUT2D eigenvalue weighted by molar-refractivity contribution is -0.110. The molecule has 0 aromatic rings. The zero-order valence-corrected chi connectivity index (χ0v) is 3.49. The first-order valence-electron chi connectivity index (χ1n) is 1.57. The van der Waals surface area contributed by atoms with Crippen molar-refractivity contribution in [2.75, 3.05) is 0 Å². The first-order chi connectivity index (χ1) is 2.27. The lowest BCUT2D eigenvalue weighted by Crippen LogP contribution is -1.94. The highest BCUT2D eigenvalue weighted by molar-refractivity contribution is 6.72. The molecule has 0 unspecified atom stereocenters. The van der Waals surface area contributed by atoms with Gasteiger partial charge in [0.25, 0.3) is 0 Å². The Kier molecular flexibility index (Phi) is 49.9. The second kappa shape index (κ2) is 15.9. The fraction of sp³-hybridized carbons (Fsp3) is 0.833. The molecule has 1 radical (unpaired) electrons. The van der Waals surface area contributed by atoms with Crippen molar-refractivity contribution in [2.45, 2.75) is 36.0 Å². The Morgan fingerprint density at radius 2 is 1.38 bits per heavy atom. The van der Waals surface area contributed by atoms with Crippen LogP contribution in [-0.2, 0) is 4.79 Å². The molecule has 0 saturated heterocycles. The van der Waals surface area contributed by atoms with Gasteiger partial charge < -0.3 is 4.79 Å². The number of rotatable bonds is 1. The van der Waals surface area contributed by atoms with Crippen LogP contribution in [0, 0.1) is 0 Å². The maximum absolute atomic E-state index is 9.76. The van der Waals surface area contributed by atoms with Gasteiger partial charge in [0.1, 0.15) is 0 Å². The molecule has 51 valence electrons. The summed E-state index contributed by atoms with van der Waals surface area (Å²) in [5.41, 5.74) is 0.130. The van der Waals surface area contributed by atoms with E-state index in [0.29, 0.717) is 0 Å². The van der Waals surface area contributed by atoms with E-state index < -0.39 is 0 Å². The standard InChI is InChI=1S/C3H6BO.3CH4/c1-3(5)4-2;;;/h1-2H3;3*1H4. The van der Waals surface area contributed by atoms with Crippen molar-refractivity contribution in [1.82, 2.24) is 0 Å². The van der Waals surface area contributed by atoms with E-state index in [2.05, 4.69) is 0 Å². The molecular weight excluding hydrogens is 98.9 g/mol. The van der Waals surface area contributed by atoms with Gasteiger partial charge in [0, 0.05) is 0 Å². The van der Waals surface area contributed by atoms with Crippen molar-refractivity contribution in [1.29, 1.82) is 0 Å². The molecule has 0 bridgehead atoms. The van der Waals surface area contributed by atoms with E-state index in [1.807, 2.05) is 0 Å². The predicted octanol–water partition coefficient (Wildman–Crippen LogP) is 2.19. The molecule has 1 nitrogen and oxygen atoms in total. The van der Waals surface area contributed by atoms with E-state index in [-0.39, 0.29) is 28.0 Å². The van der Waals surface area contributed by atoms with Crippen molar-refractivity contribution >= 4 is 13.0 Å². The largest absolute Gasteiger partial charge is 0.312 e. The maximum Gasteiger partial charge on any atom is 0.198 e. The van der Waals surface area contributed by atoms with Gasteiger partial charge in [-0.3, -0.25) is 0 Å².